The third kappa shape index (κ3) is 8.10. The van der Waals surface area contributed by atoms with Crippen LogP contribution in [0.4, 0.5) is 10.6 Å². The number of benzene rings is 1. The maximum absolute atomic E-state index is 12.6. The van der Waals surface area contributed by atoms with Gasteiger partial charge in [0.15, 0.2) is 10.8 Å². The van der Waals surface area contributed by atoms with Crippen LogP contribution in [-0.2, 0) is 11.3 Å². The number of nitrogens with one attached hydrogen (secondary N) is 2. The Kier molecular flexibility index (Phi) is 11.5. The molecular weight excluding hydrogens is 571 g/mol. The van der Waals surface area contributed by atoms with Crippen LogP contribution >= 0.6 is 11.8 Å². The van der Waals surface area contributed by atoms with Crippen molar-refractivity contribution in [3.8, 4) is 11.5 Å². The molecule has 1 amide bonds. The average Bonchev–Trinajstić information content (AvgIpc) is 3.53. The molecule has 1 saturated carbocycles. The van der Waals surface area contributed by atoms with Crippen molar-refractivity contribution in [1.82, 2.24) is 20.3 Å². The third-order valence-electron chi connectivity index (χ3n) is 8.99. The molecule has 9 heteroatoms. The summed E-state index contributed by atoms with van der Waals surface area (Å²) >= 11 is 1.50. The van der Waals surface area contributed by atoms with Crippen LogP contribution in [-0.4, -0.2) is 48.0 Å². The summed E-state index contributed by atoms with van der Waals surface area (Å²) in [5.41, 5.74) is 7.97. The highest BCUT2D eigenvalue weighted by atomic mass is 32.2. The number of hydrogen-bond donors (Lipinski definition) is 2. The molecular formula is C34H47N5O2SSi. The average molecular weight is 618 g/mol. The maximum Gasteiger partial charge on any atom is 0.407 e. The van der Waals surface area contributed by atoms with Crippen LogP contribution in [0.15, 0.2) is 47.8 Å². The highest BCUT2D eigenvalue weighted by Gasteiger charge is 2.41. The first-order valence-electron chi connectivity index (χ1n) is 15.6. The first-order valence-corrected chi connectivity index (χ1v) is 19.1. The second-order valence-electron chi connectivity index (χ2n) is 12.5. The summed E-state index contributed by atoms with van der Waals surface area (Å²) < 4.78 is 5.49. The summed E-state index contributed by atoms with van der Waals surface area (Å²) in [5, 5.41) is 8.23. The van der Waals surface area contributed by atoms with E-state index >= 15 is 0 Å². The van der Waals surface area contributed by atoms with Crippen molar-refractivity contribution in [2.24, 2.45) is 5.92 Å². The van der Waals surface area contributed by atoms with E-state index in [0.29, 0.717) is 39.9 Å². The molecule has 0 radical (unpaired) electrons. The zero-order valence-corrected chi connectivity index (χ0v) is 28.6. The van der Waals surface area contributed by atoms with Gasteiger partial charge >= 0.3 is 6.09 Å². The number of pyridine rings is 1. The van der Waals surface area contributed by atoms with Crippen LogP contribution in [0.2, 0.25) is 16.6 Å². The summed E-state index contributed by atoms with van der Waals surface area (Å²) in [7, 11) is -1.95. The van der Waals surface area contributed by atoms with Gasteiger partial charge in [0.1, 0.15) is 20.5 Å². The minimum atomic E-state index is -1.95. The number of nitrogens with zero attached hydrogens (tertiary/aromatic N) is 3. The van der Waals surface area contributed by atoms with Gasteiger partial charge in [0.2, 0.25) is 0 Å². The Morgan fingerprint density at radius 1 is 1.05 bits per heavy atom. The van der Waals surface area contributed by atoms with Gasteiger partial charge in [-0.25, -0.2) is 19.7 Å². The summed E-state index contributed by atoms with van der Waals surface area (Å²) in [6.45, 7) is 14.7. The highest BCUT2D eigenvalue weighted by molar-refractivity contribution is 7.98. The fourth-order valence-electron chi connectivity index (χ4n) is 6.73. The normalized spacial score (nSPS) is 14.7. The van der Waals surface area contributed by atoms with Crippen molar-refractivity contribution in [3.63, 3.8) is 0 Å². The van der Waals surface area contributed by atoms with E-state index in [1.54, 1.807) is 0 Å². The Bertz CT molecular complexity index is 1410. The molecule has 2 heterocycles. The van der Waals surface area contributed by atoms with Crippen LogP contribution in [0.25, 0.3) is 11.0 Å². The van der Waals surface area contributed by atoms with Gasteiger partial charge in [-0.1, -0.05) is 102 Å². The number of fused-ring (bicyclic) bond motifs is 1. The smallest absolute Gasteiger partial charge is 0.407 e. The molecule has 230 valence electrons. The second-order valence-corrected chi connectivity index (χ2v) is 18.9. The number of alkyl carbamates (subject to hydrolysis) is 1. The number of carbonyl (C=O) groups excluding carboxylic acids is 1. The van der Waals surface area contributed by atoms with Crippen LogP contribution in [0.3, 0.4) is 0 Å². The van der Waals surface area contributed by atoms with Crippen LogP contribution in [0.5, 0.6) is 0 Å². The van der Waals surface area contributed by atoms with Crippen LogP contribution < -0.4 is 10.6 Å². The molecule has 1 aliphatic carbocycles. The van der Waals surface area contributed by atoms with E-state index in [9.17, 15) is 4.79 Å². The van der Waals surface area contributed by atoms with Crippen molar-refractivity contribution in [3.05, 3.63) is 53.7 Å². The predicted octanol–water partition coefficient (Wildman–Crippen LogP) is 8.21. The summed E-state index contributed by atoms with van der Waals surface area (Å²) in [6, 6.07) is 11.8. The SMILES string of the molecule is CSc1ncc2c(C#C[Si](C(C)C)(C(C)C)C(C)C)cc(NC(CNC(=O)OCc3ccccc3)C3CCCC3)nc2n1. The summed E-state index contributed by atoms with van der Waals surface area (Å²) in [4.78, 5) is 26.9. The zero-order chi connectivity index (χ0) is 31.0. The molecule has 2 N–H and O–H groups in total. The Balaban J connectivity index is 1.63. The number of anilines is 1. The lowest BCUT2D eigenvalue weighted by Crippen LogP contribution is -2.43. The maximum atomic E-state index is 12.6. The van der Waals surface area contributed by atoms with Crippen molar-refractivity contribution in [2.75, 3.05) is 18.1 Å². The van der Waals surface area contributed by atoms with E-state index in [4.69, 9.17) is 14.7 Å². The van der Waals surface area contributed by atoms with Crippen LogP contribution in [0, 0.1) is 17.4 Å². The van der Waals surface area contributed by atoms with Crippen LogP contribution in [0.1, 0.15) is 78.4 Å². The monoisotopic (exact) mass is 617 g/mol. The Labute approximate surface area is 262 Å². The lowest BCUT2D eigenvalue weighted by atomic mass is 9.98. The first-order chi connectivity index (χ1) is 20.6. The second kappa shape index (κ2) is 15.1. The van der Waals surface area contributed by atoms with E-state index in [1.165, 1.54) is 24.6 Å². The van der Waals surface area contributed by atoms with Crippen molar-refractivity contribution in [2.45, 2.75) is 102 Å². The fraction of sp³-hybridized carbons (Fsp3) is 0.529. The molecule has 4 rings (SSSR count). The topological polar surface area (TPSA) is 89.0 Å². The van der Waals surface area contributed by atoms with Gasteiger partial charge < -0.3 is 15.4 Å². The molecule has 1 aromatic carbocycles. The molecule has 7 nitrogen and oxygen atoms in total. The number of amides is 1. The predicted molar refractivity (Wildman–Crippen MR) is 181 cm³/mol. The van der Waals surface area contributed by atoms with E-state index in [1.807, 2.05) is 48.9 Å². The molecule has 3 aromatic rings. The molecule has 1 unspecified atom stereocenters. The molecule has 1 fully saturated rings. The summed E-state index contributed by atoms with van der Waals surface area (Å²) in [5.74, 6) is 4.78. The molecule has 1 atom stereocenters. The van der Waals surface area contributed by atoms with E-state index < -0.39 is 14.2 Å². The van der Waals surface area contributed by atoms with E-state index in [2.05, 4.69) is 68.6 Å². The standard InChI is InChI=1S/C34H47N5O2SSi/c1-23(2)43(24(3)4,25(5)6)18-17-28-19-31(38-32-29(28)20-35-33(39-32)42-7)37-30(27-15-11-12-16-27)21-36-34(40)41-22-26-13-9-8-10-14-26/h8-10,13-14,19-20,23-25,27,30H,11-12,15-16,21-22H2,1-7H3,(H,36,40)(H,35,37,38,39). The Morgan fingerprint density at radius 3 is 2.35 bits per heavy atom. The number of carbonyl (C=O) groups is 1. The number of hydrogen-bond acceptors (Lipinski definition) is 7. The number of ether oxygens (including phenoxy) is 1. The highest BCUT2D eigenvalue weighted by Crippen LogP contribution is 2.41. The van der Waals surface area contributed by atoms with Gasteiger partial charge in [0.05, 0.1) is 5.39 Å². The molecule has 0 spiro atoms. The lowest BCUT2D eigenvalue weighted by molar-refractivity contribution is 0.138. The van der Waals surface area contributed by atoms with Crippen molar-refractivity contribution >= 4 is 42.8 Å². The zero-order valence-electron chi connectivity index (χ0n) is 26.7. The molecule has 43 heavy (non-hydrogen) atoms. The van der Waals surface area contributed by atoms with Gasteiger partial charge in [0.25, 0.3) is 0 Å². The van der Waals surface area contributed by atoms with Gasteiger partial charge in [-0.2, -0.15) is 0 Å². The molecule has 0 aliphatic heterocycles. The molecule has 0 saturated heterocycles. The molecule has 1 aliphatic rings. The van der Waals surface area contributed by atoms with Gasteiger partial charge in [-0.3, -0.25) is 0 Å². The number of aromatic nitrogens is 3. The van der Waals surface area contributed by atoms with Gasteiger partial charge in [-0.15, -0.1) is 5.54 Å². The molecule has 2 aromatic heterocycles. The fourth-order valence-corrected chi connectivity index (χ4v) is 12.3. The number of thioether (sulfide) groups is 1. The minimum Gasteiger partial charge on any atom is -0.445 e. The Morgan fingerprint density at radius 2 is 1.72 bits per heavy atom. The van der Waals surface area contributed by atoms with E-state index in [-0.39, 0.29) is 12.6 Å². The largest absolute Gasteiger partial charge is 0.445 e. The van der Waals surface area contributed by atoms with E-state index in [0.717, 1.165) is 35.2 Å². The minimum absolute atomic E-state index is 0.00912. The lowest BCUT2D eigenvalue weighted by Gasteiger charge is -2.38. The van der Waals surface area contributed by atoms with Gasteiger partial charge in [-0.05, 0) is 53.3 Å². The Hall–Kier alpha value is -3.09. The van der Waals surface area contributed by atoms with Gasteiger partial charge in [0, 0.05) is 24.3 Å². The molecule has 0 bridgehead atoms. The quantitative estimate of drug-likeness (QED) is 0.0970. The van der Waals surface area contributed by atoms with Crippen molar-refractivity contribution in [1.29, 1.82) is 0 Å². The number of rotatable bonds is 11. The third-order valence-corrected chi connectivity index (χ3v) is 15.8. The summed E-state index contributed by atoms with van der Waals surface area (Å²) in [6.07, 6.45) is 8.03. The first kappa shape index (κ1) is 32.8. The van der Waals surface area contributed by atoms with Crippen molar-refractivity contribution < 1.29 is 9.53 Å².